The monoisotopic (exact) mass is 270 g/mol. The van der Waals surface area contributed by atoms with Crippen molar-refractivity contribution >= 4 is 18.3 Å². The molecule has 0 radical (unpaired) electrons. The fourth-order valence-electron chi connectivity index (χ4n) is 2.36. The fraction of sp³-hybridized carbons (Fsp3) is 0.462. The minimum Gasteiger partial charge on any atom is -0.496 e. The largest absolute Gasteiger partial charge is 0.496 e. The molecule has 0 heterocycles. The molecule has 1 unspecified atom stereocenters. The summed E-state index contributed by atoms with van der Waals surface area (Å²) in [5.41, 5.74) is 7.75. The second-order valence-electron chi connectivity index (χ2n) is 4.23. The Morgan fingerprint density at radius 2 is 2.33 bits per heavy atom. The SMILES string of the molecule is COc1cccc2c1CCC2NC(=O)CCN.Cl. The Hall–Kier alpha value is -1.26. The number of halogens is 1. The van der Waals surface area contributed by atoms with Gasteiger partial charge in [0, 0.05) is 13.0 Å². The molecule has 4 nitrogen and oxygen atoms in total. The van der Waals surface area contributed by atoms with Gasteiger partial charge in [-0.15, -0.1) is 12.4 Å². The number of carbonyl (C=O) groups excluding carboxylic acids is 1. The Labute approximate surface area is 113 Å². The summed E-state index contributed by atoms with van der Waals surface area (Å²) >= 11 is 0. The van der Waals surface area contributed by atoms with Crippen molar-refractivity contribution in [2.75, 3.05) is 13.7 Å². The molecule has 1 aliphatic carbocycles. The summed E-state index contributed by atoms with van der Waals surface area (Å²) in [6, 6.07) is 6.09. The number of rotatable bonds is 4. The highest BCUT2D eigenvalue weighted by molar-refractivity contribution is 5.85. The standard InChI is InChI=1S/C13H18N2O2.ClH/c1-17-12-4-2-3-9-10(12)5-6-11(9)15-13(16)7-8-14;/h2-4,11H,5-8,14H2,1H3,(H,15,16);1H. The van der Waals surface area contributed by atoms with E-state index < -0.39 is 0 Å². The Balaban J connectivity index is 0.00000162. The van der Waals surface area contributed by atoms with Crippen molar-refractivity contribution in [3.05, 3.63) is 29.3 Å². The highest BCUT2D eigenvalue weighted by atomic mass is 35.5. The van der Waals surface area contributed by atoms with Gasteiger partial charge < -0.3 is 15.8 Å². The molecular formula is C13H19ClN2O2. The van der Waals surface area contributed by atoms with E-state index in [0.717, 1.165) is 18.6 Å². The summed E-state index contributed by atoms with van der Waals surface area (Å²) in [6.07, 6.45) is 2.27. The quantitative estimate of drug-likeness (QED) is 0.873. The zero-order valence-electron chi connectivity index (χ0n) is 10.4. The number of ether oxygens (including phenoxy) is 1. The lowest BCUT2D eigenvalue weighted by Gasteiger charge is -2.14. The maximum Gasteiger partial charge on any atom is 0.221 e. The van der Waals surface area contributed by atoms with E-state index in [1.807, 2.05) is 12.1 Å². The number of hydrogen-bond donors (Lipinski definition) is 2. The third kappa shape index (κ3) is 2.94. The van der Waals surface area contributed by atoms with E-state index in [1.165, 1.54) is 11.1 Å². The lowest BCUT2D eigenvalue weighted by atomic mass is 10.1. The number of hydrogen-bond acceptors (Lipinski definition) is 3. The first-order valence-electron chi connectivity index (χ1n) is 5.91. The van der Waals surface area contributed by atoms with Gasteiger partial charge in [-0.2, -0.15) is 0 Å². The van der Waals surface area contributed by atoms with Crippen LogP contribution in [0.5, 0.6) is 5.75 Å². The van der Waals surface area contributed by atoms with Crippen molar-refractivity contribution in [2.24, 2.45) is 5.73 Å². The molecule has 1 aliphatic rings. The molecule has 5 heteroatoms. The lowest BCUT2D eigenvalue weighted by Crippen LogP contribution is -2.28. The summed E-state index contributed by atoms with van der Waals surface area (Å²) < 4.78 is 5.33. The van der Waals surface area contributed by atoms with Crippen LogP contribution in [-0.2, 0) is 11.2 Å². The van der Waals surface area contributed by atoms with E-state index in [2.05, 4.69) is 11.4 Å². The summed E-state index contributed by atoms with van der Waals surface area (Å²) in [6.45, 7) is 0.392. The van der Waals surface area contributed by atoms with Crippen molar-refractivity contribution < 1.29 is 9.53 Å². The number of nitrogens with two attached hydrogens (primary N) is 1. The molecule has 2 rings (SSSR count). The van der Waals surface area contributed by atoms with Crippen LogP contribution in [0.4, 0.5) is 0 Å². The zero-order valence-corrected chi connectivity index (χ0v) is 11.3. The Kier molecular flexibility index (Phi) is 5.44. The Bertz CT molecular complexity index is 423. The van der Waals surface area contributed by atoms with Crippen molar-refractivity contribution in [3.8, 4) is 5.75 Å². The average Bonchev–Trinajstić information content (AvgIpc) is 2.73. The topological polar surface area (TPSA) is 64.3 Å². The maximum atomic E-state index is 11.5. The number of fused-ring (bicyclic) bond motifs is 1. The normalized spacial score (nSPS) is 16.7. The van der Waals surface area contributed by atoms with Gasteiger partial charge in [0.2, 0.25) is 5.91 Å². The second kappa shape index (κ2) is 6.61. The predicted octanol–water partition coefficient (Wildman–Crippen LogP) is 1.57. The fourth-order valence-corrected chi connectivity index (χ4v) is 2.36. The van der Waals surface area contributed by atoms with Crippen molar-refractivity contribution in [1.29, 1.82) is 0 Å². The second-order valence-corrected chi connectivity index (χ2v) is 4.23. The highest BCUT2D eigenvalue weighted by Crippen LogP contribution is 2.36. The summed E-state index contributed by atoms with van der Waals surface area (Å²) in [5, 5.41) is 3.01. The molecular weight excluding hydrogens is 252 g/mol. The number of methoxy groups -OCH3 is 1. The molecule has 0 bridgehead atoms. The van der Waals surface area contributed by atoms with E-state index in [1.54, 1.807) is 7.11 Å². The van der Waals surface area contributed by atoms with E-state index in [4.69, 9.17) is 10.5 Å². The molecule has 0 saturated heterocycles. The molecule has 1 aromatic carbocycles. The van der Waals surface area contributed by atoms with Crippen LogP contribution in [0.3, 0.4) is 0 Å². The molecule has 0 fully saturated rings. The van der Waals surface area contributed by atoms with Crippen LogP contribution in [0, 0.1) is 0 Å². The molecule has 1 aromatic rings. The van der Waals surface area contributed by atoms with Crippen LogP contribution in [-0.4, -0.2) is 19.6 Å². The van der Waals surface area contributed by atoms with Crippen LogP contribution >= 0.6 is 12.4 Å². The number of benzene rings is 1. The minimum absolute atomic E-state index is 0. The molecule has 3 N–H and O–H groups in total. The van der Waals surface area contributed by atoms with E-state index in [0.29, 0.717) is 13.0 Å². The van der Waals surface area contributed by atoms with Gasteiger partial charge in [-0.3, -0.25) is 4.79 Å². The van der Waals surface area contributed by atoms with E-state index in [-0.39, 0.29) is 24.4 Å². The Morgan fingerprint density at radius 3 is 3.00 bits per heavy atom. The molecule has 0 aliphatic heterocycles. The first-order chi connectivity index (χ1) is 8.26. The van der Waals surface area contributed by atoms with Gasteiger partial charge in [0.05, 0.1) is 13.2 Å². The van der Waals surface area contributed by atoms with Gasteiger partial charge >= 0.3 is 0 Å². The van der Waals surface area contributed by atoms with Crippen LogP contribution in [0.15, 0.2) is 18.2 Å². The van der Waals surface area contributed by atoms with Crippen LogP contribution in [0.2, 0.25) is 0 Å². The molecule has 0 saturated carbocycles. The van der Waals surface area contributed by atoms with Gasteiger partial charge in [-0.1, -0.05) is 12.1 Å². The average molecular weight is 271 g/mol. The van der Waals surface area contributed by atoms with Crippen LogP contribution < -0.4 is 15.8 Å². The minimum atomic E-state index is 0. The van der Waals surface area contributed by atoms with Gasteiger partial charge in [-0.05, 0) is 30.0 Å². The lowest BCUT2D eigenvalue weighted by molar-refractivity contribution is -0.121. The van der Waals surface area contributed by atoms with E-state index in [9.17, 15) is 4.79 Å². The van der Waals surface area contributed by atoms with Crippen LogP contribution in [0.1, 0.15) is 30.0 Å². The van der Waals surface area contributed by atoms with E-state index >= 15 is 0 Å². The zero-order chi connectivity index (χ0) is 12.3. The first kappa shape index (κ1) is 14.8. The predicted molar refractivity (Wildman–Crippen MR) is 73.1 cm³/mol. The van der Waals surface area contributed by atoms with Gasteiger partial charge in [0.25, 0.3) is 0 Å². The Morgan fingerprint density at radius 1 is 1.56 bits per heavy atom. The van der Waals surface area contributed by atoms with Crippen molar-refractivity contribution in [2.45, 2.75) is 25.3 Å². The third-order valence-corrected chi connectivity index (χ3v) is 3.15. The van der Waals surface area contributed by atoms with Crippen molar-refractivity contribution in [3.63, 3.8) is 0 Å². The van der Waals surface area contributed by atoms with Gasteiger partial charge in [-0.25, -0.2) is 0 Å². The number of carbonyl (C=O) groups is 1. The summed E-state index contributed by atoms with van der Waals surface area (Å²) in [4.78, 5) is 11.5. The highest BCUT2D eigenvalue weighted by Gasteiger charge is 2.25. The molecule has 1 amide bonds. The summed E-state index contributed by atoms with van der Waals surface area (Å²) in [5.74, 6) is 0.936. The van der Waals surface area contributed by atoms with Gasteiger partial charge in [0.1, 0.15) is 5.75 Å². The molecule has 1 atom stereocenters. The molecule has 0 aromatic heterocycles. The number of amides is 1. The molecule has 18 heavy (non-hydrogen) atoms. The number of nitrogens with one attached hydrogen (secondary N) is 1. The van der Waals surface area contributed by atoms with Crippen LogP contribution in [0.25, 0.3) is 0 Å². The summed E-state index contributed by atoms with van der Waals surface area (Å²) in [7, 11) is 1.68. The molecule has 0 spiro atoms. The van der Waals surface area contributed by atoms with Crippen molar-refractivity contribution in [1.82, 2.24) is 5.32 Å². The van der Waals surface area contributed by atoms with Gasteiger partial charge in [0.15, 0.2) is 0 Å². The third-order valence-electron chi connectivity index (χ3n) is 3.15. The maximum absolute atomic E-state index is 11.5. The molecule has 100 valence electrons. The smallest absolute Gasteiger partial charge is 0.221 e. The first-order valence-corrected chi connectivity index (χ1v) is 5.91.